The number of hydrogen-bond acceptors (Lipinski definition) is 4. The Balaban J connectivity index is 2.35. The number of benzene rings is 1. The van der Waals surface area contributed by atoms with Gasteiger partial charge < -0.3 is 10.0 Å². The number of nitrogens with zero attached hydrogens (tertiary/aromatic N) is 3. The number of rotatable bonds is 5. The second kappa shape index (κ2) is 7.25. The van der Waals surface area contributed by atoms with Gasteiger partial charge in [-0.25, -0.2) is 5.01 Å². The number of anilines is 1. The van der Waals surface area contributed by atoms with E-state index in [1.165, 1.54) is 9.91 Å². The normalized spacial score (nSPS) is 14.4. The predicted octanol–water partition coefficient (Wildman–Crippen LogP) is 1.72. The molecule has 1 aliphatic heterocycles. The van der Waals surface area contributed by atoms with E-state index in [1.807, 2.05) is 32.0 Å². The van der Waals surface area contributed by atoms with Crippen molar-refractivity contribution in [1.29, 1.82) is 0 Å². The molecule has 0 aliphatic carbocycles. The highest BCUT2D eigenvalue weighted by Gasteiger charge is 2.29. The largest absolute Gasteiger partial charge is 0.480 e. The molecular weight excluding hydrogens is 310 g/mol. The monoisotopic (exact) mass is 331 g/mol. The molecule has 1 aromatic carbocycles. The molecule has 0 bridgehead atoms. The Morgan fingerprint density at radius 1 is 1.29 bits per heavy atom. The molecule has 2 rings (SSSR count). The van der Waals surface area contributed by atoms with Crippen LogP contribution in [0.5, 0.6) is 0 Å². The number of aliphatic carboxylic acids is 1. The van der Waals surface area contributed by atoms with Gasteiger partial charge in [0.15, 0.2) is 0 Å². The first-order valence-electron chi connectivity index (χ1n) is 7.82. The van der Waals surface area contributed by atoms with Crippen molar-refractivity contribution in [3.8, 4) is 0 Å². The van der Waals surface area contributed by atoms with Gasteiger partial charge >= 0.3 is 5.97 Å². The molecule has 0 saturated heterocycles. The third-order valence-electron chi connectivity index (χ3n) is 3.87. The van der Waals surface area contributed by atoms with Gasteiger partial charge in [0.05, 0.1) is 5.69 Å². The van der Waals surface area contributed by atoms with E-state index in [-0.39, 0.29) is 37.6 Å². The molecule has 1 heterocycles. The molecule has 7 nitrogen and oxygen atoms in total. The minimum Gasteiger partial charge on any atom is -0.480 e. The van der Waals surface area contributed by atoms with Gasteiger partial charge in [0.2, 0.25) is 5.91 Å². The van der Waals surface area contributed by atoms with E-state index in [9.17, 15) is 14.4 Å². The lowest BCUT2D eigenvalue weighted by atomic mass is 10.1. The van der Waals surface area contributed by atoms with Crippen LogP contribution in [0.25, 0.3) is 0 Å². The molecule has 0 fully saturated rings. The highest BCUT2D eigenvalue weighted by atomic mass is 16.4. The number of hydrazone groups is 1. The minimum atomic E-state index is -1.08. The number of hydrogen-bond donors (Lipinski definition) is 1. The fourth-order valence-corrected chi connectivity index (χ4v) is 2.52. The van der Waals surface area contributed by atoms with Crippen LogP contribution in [0.1, 0.15) is 30.9 Å². The fraction of sp³-hybridized carbons (Fsp3) is 0.412. The van der Waals surface area contributed by atoms with Crippen LogP contribution in [0.4, 0.5) is 5.69 Å². The third-order valence-corrected chi connectivity index (χ3v) is 3.87. The molecule has 2 amide bonds. The molecule has 0 unspecified atom stereocenters. The first-order valence-corrected chi connectivity index (χ1v) is 7.82. The summed E-state index contributed by atoms with van der Waals surface area (Å²) in [5.74, 6) is -1.70. The number of amides is 2. The molecule has 0 atom stereocenters. The van der Waals surface area contributed by atoms with E-state index >= 15 is 0 Å². The van der Waals surface area contributed by atoms with Crippen molar-refractivity contribution in [1.82, 2.24) is 4.90 Å². The van der Waals surface area contributed by atoms with Crippen molar-refractivity contribution in [2.45, 2.75) is 33.6 Å². The lowest BCUT2D eigenvalue weighted by Crippen LogP contribution is -2.43. The van der Waals surface area contributed by atoms with Crippen molar-refractivity contribution >= 4 is 29.2 Å². The average molecular weight is 331 g/mol. The molecule has 0 aromatic heterocycles. The van der Waals surface area contributed by atoms with Gasteiger partial charge in [-0.15, -0.1) is 0 Å². The first kappa shape index (κ1) is 17.7. The summed E-state index contributed by atoms with van der Waals surface area (Å²) in [5.41, 5.74) is 2.72. The van der Waals surface area contributed by atoms with Crippen molar-refractivity contribution < 1.29 is 19.5 Å². The molecule has 7 heteroatoms. The van der Waals surface area contributed by atoms with Crippen molar-refractivity contribution in [3.05, 3.63) is 29.3 Å². The smallest absolute Gasteiger partial charge is 0.323 e. The van der Waals surface area contributed by atoms with Crippen molar-refractivity contribution in [2.24, 2.45) is 5.10 Å². The van der Waals surface area contributed by atoms with Crippen LogP contribution in [0, 0.1) is 13.8 Å². The number of aryl methyl sites for hydroxylation is 2. The maximum Gasteiger partial charge on any atom is 0.323 e. The van der Waals surface area contributed by atoms with E-state index in [0.717, 1.165) is 11.1 Å². The quantitative estimate of drug-likeness (QED) is 0.889. The zero-order chi connectivity index (χ0) is 17.9. The highest BCUT2D eigenvalue weighted by Crippen LogP contribution is 2.25. The van der Waals surface area contributed by atoms with Gasteiger partial charge in [-0.1, -0.05) is 12.1 Å². The van der Waals surface area contributed by atoms with Crippen molar-refractivity contribution in [2.75, 3.05) is 18.1 Å². The maximum absolute atomic E-state index is 12.5. The average Bonchev–Trinajstić information content (AvgIpc) is 2.54. The second-order valence-electron chi connectivity index (χ2n) is 5.76. The molecule has 0 spiro atoms. The highest BCUT2D eigenvalue weighted by molar-refractivity contribution is 6.40. The van der Waals surface area contributed by atoms with Crippen LogP contribution >= 0.6 is 0 Å². The summed E-state index contributed by atoms with van der Waals surface area (Å²) in [7, 11) is 0. The Morgan fingerprint density at radius 2 is 2.00 bits per heavy atom. The van der Waals surface area contributed by atoms with Crippen LogP contribution in [0.3, 0.4) is 0 Å². The zero-order valence-corrected chi connectivity index (χ0v) is 14.1. The predicted molar refractivity (Wildman–Crippen MR) is 90.0 cm³/mol. The molecule has 0 radical (unpaired) electrons. The van der Waals surface area contributed by atoms with E-state index in [4.69, 9.17) is 5.11 Å². The summed E-state index contributed by atoms with van der Waals surface area (Å²) in [6.45, 7) is 5.38. The third kappa shape index (κ3) is 3.79. The number of carbonyl (C=O) groups excluding carboxylic acids is 2. The molecule has 1 aromatic rings. The summed E-state index contributed by atoms with van der Waals surface area (Å²) in [4.78, 5) is 36.8. The molecular formula is C17H21N3O4. The summed E-state index contributed by atoms with van der Waals surface area (Å²) in [6, 6.07) is 5.68. The van der Waals surface area contributed by atoms with Gasteiger partial charge in [0.1, 0.15) is 12.3 Å². The number of carboxylic acid groups (broad SMARTS) is 1. The second-order valence-corrected chi connectivity index (χ2v) is 5.76. The first-order chi connectivity index (χ1) is 11.3. The lowest BCUT2D eigenvalue weighted by molar-refractivity contribution is -0.142. The molecule has 24 heavy (non-hydrogen) atoms. The van der Waals surface area contributed by atoms with Gasteiger partial charge in [-0.05, 0) is 38.0 Å². The Kier molecular flexibility index (Phi) is 5.33. The Labute approximate surface area is 140 Å². The molecule has 1 aliphatic rings. The van der Waals surface area contributed by atoms with Crippen LogP contribution in [-0.2, 0) is 14.4 Å². The van der Waals surface area contributed by atoms with Crippen LogP contribution in [0.2, 0.25) is 0 Å². The summed E-state index contributed by atoms with van der Waals surface area (Å²) < 4.78 is 0. The van der Waals surface area contributed by atoms with Gasteiger partial charge in [0, 0.05) is 19.4 Å². The van der Waals surface area contributed by atoms with Crippen LogP contribution in [0.15, 0.2) is 23.3 Å². The maximum atomic E-state index is 12.5. The van der Waals surface area contributed by atoms with Gasteiger partial charge in [0.25, 0.3) is 5.91 Å². The molecule has 0 saturated carbocycles. The lowest BCUT2D eigenvalue weighted by Gasteiger charge is -2.27. The van der Waals surface area contributed by atoms with Crippen LogP contribution in [-0.4, -0.2) is 46.6 Å². The summed E-state index contributed by atoms with van der Waals surface area (Å²) >= 11 is 0. The Hall–Kier alpha value is -2.70. The Morgan fingerprint density at radius 3 is 2.62 bits per heavy atom. The van der Waals surface area contributed by atoms with Crippen LogP contribution < -0.4 is 5.01 Å². The van der Waals surface area contributed by atoms with E-state index in [0.29, 0.717) is 5.69 Å². The zero-order valence-electron chi connectivity index (χ0n) is 14.1. The van der Waals surface area contributed by atoms with Crippen molar-refractivity contribution in [3.63, 3.8) is 0 Å². The topological polar surface area (TPSA) is 90.3 Å². The molecule has 128 valence electrons. The van der Waals surface area contributed by atoms with E-state index in [1.54, 1.807) is 6.92 Å². The number of carbonyl (C=O) groups is 3. The van der Waals surface area contributed by atoms with Gasteiger partial charge in [-0.3, -0.25) is 14.4 Å². The standard InChI is InChI=1S/C17H21N3O4/c1-4-19(10-16(22)23)17(24)13-7-8-15(21)20(18-13)14-9-11(2)5-6-12(14)3/h5-6,9H,4,7-8,10H2,1-3H3,(H,22,23). The van der Waals surface area contributed by atoms with E-state index in [2.05, 4.69) is 5.10 Å². The van der Waals surface area contributed by atoms with E-state index < -0.39 is 11.9 Å². The Bertz CT molecular complexity index is 712. The summed E-state index contributed by atoms with van der Waals surface area (Å²) in [6.07, 6.45) is 0.387. The molecule has 1 N–H and O–H groups in total. The SMILES string of the molecule is CCN(CC(=O)O)C(=O)C1=NN(c2cc(C)ccc2C)C(=O)CC1. The summed E-state index contributed by atoms with van der Waals surface area (Å²) in [5, 5.41) is 14.4. The fourth-order valence-electron chi connectivity index (χ4n) is 2.52. The minimum absolute atomic E-state index is 0.169. The van der Waals surface area contributed by atoms with Gasteiger partial charge in [-0.2, -0.15) is 5.10 Å². The number of carboxylic acids is 1. The number of likely N-dealkylation sites (N-methyl/N-ethyl adjacent to an activating group) is 1.